The Balaban J connectivity index is 2.17. The highest BCUT2D eigenvalue weighted by Crippen LogP contribution is 2.33. The fraction of sp³-hybridized carbons (Fsp3) is 0.600. The van der Waals surface area contributed by atoms with Gasteiger partial charge in [-0.25, -0.2) is 0 Å². The second-order valence-electron chi connectivity index (χ2n) is 5.50. The van der Waals surface area contributed by atoms with E-state index in [1.165, 1.54) is 5.56 Å². The van der Waals surface area contributed by atoms with Crippen LogP contribution in [0.5, 0.6) is 0 Å². The molecule has 3 nitrogen and oxygen atoms in total. The van der Waals surface area contributed by atoms with E-state index in [1.807, 2.05) is 6.07 Å². The van der Waals surface area contributed by atoms with E-state index in [1.54, 1.807) is 7.11 Å². The smallest absolute Gasteiger partial charge is 0.0825 e. The van der Waals surface area contributed by atoms with Crippen molar-refractivity contribution in [3.63, 3.8) is 0 Å². The van der Waals surface area contributed by atoms with Gasteiger partial charge in [-0.15, -0.1) is 0 Å². The highest BCUT2D eigenvalue weighted by atomic mass is 35.5. The molecule has 1 aliphatic rings. The third-order valence-electron chi connectivity index (χ3n) is 3.94. The lowest BCUT2D eigenvalue weighted by Crippen LogP contribution is -2.47. The molecule has 4 heteroatoms. The third-order valence-corrected chi connectivity index (χ3v) is 4.24. The van der Waals surface area contributed by atoms with Crippen LogP contribution in [-0.2, 0) is 11.2 Å². The summed E-state index contributed by atoms with van der Waals surface area (Å²) in [5, 5.41) is 0.811. The first-order chi connectivity index (χ1) is 9.08. The predicted molar refractivity (Wildman–Crippen MR) is 81.1 cm³/mol. The van der Waals surface area contributed by atoms with Gasteiger partial charge in [-0.05, 0) is 50.4 Å². The van der Waals surface area contributed by atoms with Crippen LogP contribution in [0.1, 0.15) is 25.3 Å². The van der Waals surface area contributed by atoms with Gasteiger partial charge in [0.05, 0.1) is 16.3 Å². The van der Waals surface area contributed by atoms with Gasteiger partial charge in [0.25, 0.3) is 0 Å². The Hall–Kier alpha value is -0.770. The molecule has 1 fully saturated rings. The Bertz CT molecular complexity index is 438. The lowest BCUT2D eigenvalue weighted by Gasteiger charge is -2.41. The number of halogens is 1. The summed E-state index contributed by atoms with van der Waals surface area (Å²) in [7, 11) is 1.79. The van der Waals surface area contributed by atoms with Crippen molar-refractivity contribution in [3.05, 3.63) is 28.8 Å². The third kappa shape index (κ3) is 3.41. The average Bonchev–Trinajstić information content (AvgIpc) is 2.39. The van der Waals surface area contributed by atoms with E-state index in [4.69, 9.17) is 22.1 Å². The Kier molecular flexibility index (Phi) is 4.71. The lowest BCUT2D eigenvalue weighted by atomic mass is 9.94. The molecule has 0 amide bonds. The molecule has 106 valence electrons. The SMILES string of the molecule is COC1(C)CCCN(c2ccc(CCN)cc2Cl)C1. The van der Waals surface area contributed by atoms with Gasteiger partial charge in [0.15, 0.2) is 0 Å². The summed E-state index contributed by atoms with van der Waals surface area (Å²) in [5.74, 6) is 0. The van der Waals surface area contributed by atoms with Gasteiger partial charge in [-0.2, -0.15) is 0 Å². The van der Waals surface area contributed by atoms with Gasteiger partial charge in [0.1, 0.15) is 0 Å². The summed E-state index contributed by atoms with van der Waals surface area (Å²) in [4.78, 5) is 2.32. The van der Waals surface area contributed by atoms with Crippen LogP contribution in [0.4, 0.5) is 5.69 Å². The van der Waals surface area contributed by atoms with Crippen molar-refractivity contribution in [3.8, 4) is 0 Å². The molecular weight excluding hydrogens is 260 g/mol. The Morgan fingerprint density at radius 1 is 1.47 bits per heavy atom. The molecule has 1 saturated heterocycles. The quantitative estimate of drug-likeness (QED) is 0.923. The maximum Gasteiger partial charge on any atom is 0.0825 e. The first-order valence-electron chi connectivity index (χ1n) is 6.86. The molecule has 0 aliphatic carbocycles. The van der Waals surface area contributed by atoms with Crippen molar-refractivity contribution >= 4 is 17.3 Å². The van der Waals surface area contributed by atoms with Crippen LogP contribution in [0.2, 0.25) is 5.02 Å². The minimum absolute atomic E-state index is 0.0719. The van der Waals surface area contributed by atoms with Gasteiger partial charge in [0.2, 0.25) is 0 Å². The molecule has 1 unspecified atom stereocenters. The van der Waals surface area contributed by atoms with Crippen molar-refractivity contribution < 1.29 is 4.74 Å². The summed E-state index contributed by atoms with van der Waals surface area (Å²) in [6.45, 7) is 4.74. The zero-order valence-electron chi connectivity index (χ0n) is 11.8. The largest absolute Gasteiger partial charge is 0.377 e. The van der Waals surface area contributed by atoms with Gasteiger partial charge in [-0.1, -0.05) is 17.7 Å². The molecule has 0 spiro atoms. The highest BCUT2D eigenvalue weighted by Gasteiger charge is 2.31. The van der Waals surface area contributed by atoms with Gasteiger partial charge in [0, 0.05) is 20.2 Å². The summed E-state index contributed by atoms with van der Waals surface area (Å²) in [6, 6.07) is 6.25. The van der Waals surface area contributed by atoms with E-state index in [-0.39, 0.29) is 5.60 Å². The number of ether oxygens (including phenoxy) is 1. The standard InChI is InChI=1S/C15H23ClN2O/c1-15(19-2)7-3-9-18(11-15)14-5-4-12(6-8-17)10-13(14)16/h4-5,10H,3,6-9,11,17H2,1-2H3. The van der Waals surface area contributed by atoms with Crippen LogP contribution in [0.25, 0.3) is 0 Å². The van der Waals surface area contributed by atoms with E-state index < -0.39 is 0 Å². The predicted octanol–water partition coefficient (Wildman–Crippen LogP) is 2.85. The second kappa shape index (κ2) is 6.12. The van der Waals surface area contributed by atoms with Gasteiger partial charge >= 0.3 is 0 Å². The zero-order chi connectivity index (χ0) is 13.9. The Morgan fingerprint density at radius 2 is 2.26 bits per heavy atom. The molecule has 0 bridgehead atoms. The number of anilines is 1. The fourth-order valence-electron chi connectivity index (χ4n) is 2.71. The van der Waals surface area contributed by atoms with E-state index in [0.717, 1.165) is 43.1 Å². The van der Waals surface area contributed by atoms with Gasteiger partial charge in [-0.3, -0.25) is 0 Å². The molecule has 2 rings (SSSR count). The number of piperidine rings is 1. The summed E-state index contributed by atoms with van der Waals surface area (Å²) in [6.07, 6.45) is 3.10. The Morgan fingerprint density at radius 3 is 2.89 bits per heavy atom. The van der Waals surface area contributed by atoms with Crippen LogP contribution >= 0.6 is 11.6 Å². The summed E-state index contributed by atoms with van der Waals surface area (Å²) in [5.41, 5.74) is 7.80. The minimum Gasteiger partial charge on any atom is -0.377 e. The summed E-state index contributed by atoms with van der Waals surface area (Å²) < 4.78 is 5.63. The normalized spacial score (nSPS) is 23.7. The van der Waals surface area contributed by atoms with Crippen molar-refractivity contribution in [1.82, 2.24) is 0 Å². The minimum atomic E-state index is -0.0719. The average molecular weight is 283 g/mol. The maximum atomic E-state index is 6.41. The Labute approximate surface area is 120 Å². The number of methoxy groups -OCH3 is 1. The van der Waals surface area contributed by atoms with E-state index >= 15 is 0 Å². The van der Waals surface area contributed by atoms with Gasteiger partial charge < -0.3 is 15.4 Å². The number of hydrogen-bond donors (Lipinski definition) is 1. The molecule has 1 heterocycles. The monoisotopic (exact) mass is 282 g/mol. The zero-order valence-corrected chi connectivity index (χ0v) is 12.5. The molecule has 1 aromatic carbocycles. The van der Waals surface area contributed by atoms with Crippen LogP contribution in [0, 0.1) is 0 Å². The molecule has 1 aromatic rings. The molecule has 0 saturated carbocycles. The number of hydrogen-bond acceptors (Lipinski definition) is 3. The second-order valence-corrected chi connectivity index (χ2v) is 5.91. The first kappa shape index (κ1) is 14.6. The maximum absolute atomic E-state index is 6.41. The molecule has 19 heavy (non-hydrogen) atoms. The van der Waals surface area contributed by atoms with E-state index in [2.05, 4.69) is 24.0 Å². The van der Waals surface area contributed by atoms with Crippen LogP contribution < -0.4 is 10.6 Å². The van der Waals surface area contributed by atoms with Crippen LogP contribution in [-0.4, -0.2) is 32.3 Å². The van der Waals surface area contributed by atoms with E-state index in [0.29, 0.717) is 6.54 Å². The van der Waals surface area contributed by atoms with Crippen molar-refractivity contribution in [1.29, 1.82) is 0 Å². The number of benzene rings is 1. The molecule has 2 N–H and O–H groups in total. The number of nitrogens with two attached hydrogens (primary N) is 1. The number of nitrogens with zero attached hydrogens (tertiary/aromatic N) is 1. The molecule has 1 atom stereocenters. The molecular formula is C15H23ClN2O. The van der Waals surface area contributed by atoms with E-state index in [9.17, 15) is 0 Å². The van der Waals surface area contributed by atoms with Crippen LogP contribution in [0.3, 0.4) is 0 Å². The highest BCUT2D eigenvalue weighted by molar-refractivity contribution is 6.33. The van der Waals surface area contributed by atoms with Crippen molar-refractivity contribution in [2.45, 2.75) is 31.8 Å². The van der Waals surface area contributed by atoms with Crippen molar-refractivity contribution in [2.24, 2.45) is 5.73 Å². The summed E-state index contributed by atoms with van der Waals surface area (Å²) >= 11 is 6.41. The fourth-order valence-corrected chi connectivity index (χ4v) is 3.03. The molecule has 0 aromatic heterocycles. The van der Waals surface area contributed by atoms with Crippen molar-refractivity contribution in [2.75, 3.05) is 31.6 Å². The number of rotatable bonds is 4. The molecule has 1 aliphatic heterocycles. The first-order valence-corrected chi connectivity index (χ1v) is 7.24. The van der Waals surface area contributed by atoms with Crippen LogP contribution in [0.15, 0.2) is 18.2 Å². The topological polar surface area (TPSA) is 38.5 Å². The lowest BCUT2D eigenvalue weighted by molar-refractivity contribution is -0.00464. The molecule has 0 radical (unpaired) electrons.